The maximum absolute atomic E-state index is 11.9. The molecule has 2 aromatic rings. The molecular formula is C21H26N2O3. The minimum Gasteiger partial charge on any atom is -0.452 e. The first-order valence-electron chi connectivity index (χ1n) is 8.81. The lowest BCUT2D eigenvalue weighted by atomic mass is 10.1. The molecule has 0 aliphatic rings. The first-order chi connectivity index (χ1) is 12.5. The number of amides is 1. The first kappa shape index (κ1) is 19.5. The fraction of sp³-hybridized carbons (Fsp3) is 0.333. The Morgan fingerprint density at radius 2 is 1.77 bits per heavy atom. The maximum Gasteiger partial charge on any atom is 0.338 e. The predicted molar refractivity (Wildman–Crippen MR) is 104 cm³/mol. The molecule has 0 fully saturated rings. The Hall–Kier alpha value is -2.82. The van der Waals surface area contributed by atoms with E-state index >= 15 is 0 Å². The van der Waals surface area contributed by atoms with Crippen LogP contribution >= 0.6 is 0 Å². The lowest BCUT2D eigenvalue weighted by Crippen LogP contribution is -2.36. The van der Waals surface area contributed by atoms with E-state index in [1.54, 1.807) is 12.1 Å². The van der Waals surface area contributed by atoms with Gasteiger partial charge in [0.1, 0.15) is 0 Å². The average Bonchev–Trinajstić information content (AvgIpc) is 2.64. The lowest BCUT2D eigenvalue weighted by molar-refractivity contribution is -0.124. The third-order valence-electron chi connectivity index (χ3n) is 4.07. The Morgan fingerprint density at radius 3 is 2.42 bits per heavy atom. The topological polar surface area (TPSA) is 58.6 Å². The van der Waals surface area contributed by atoms with Crippen molar-refractivity contribution in [1.29, 1.82) is 0 Å². The lowest BCUT2D eigenvalue weighted by Gasteiger charge is -2.23. The van der Waals surface area contributed by atoms with Crippen LogP contribution in [0.1, 0.15) is 28.4 Å². The molecule has 2 rings (SSSR count). The summed E-state index contributed by atoms with van der Waals surface area (Å²) in [5.74, 6) is -0.791. The van der Waals surface area contributed by atoms with Crippen LogP contribution in [0.15, 0.2) is 48.5 Å². The van der Waals surface area contributed by atoms with Gasteiger partial charge in [0, 0.05) is 25.3 Å². The Morgan fingerprint density at radius 1 is 1.04 bits per heavy atom. The number of anilines is 1. The van der Waals surface area contributed by atoms with Gasteiger partial charge in [-0.25, -0.2) is 4.79 Å². The molecule has 5 heteroatoms. The van der Waals surface area contributed by atoms with Gasteiger partial charge in [0.25, 0.3) is 5.91 Å². The number of nitrogens with one attached hydrogen (secondary N) is 1. The number of carbonyl (C=O) groups excluding carboxylic acids is 2. The van der Waals surface area contributed by atoms with Gasteiger partial charge in [0.2, 0.25) is 0 Å². The van der Waals surface area contributed by atoms with Crippen LogP contribution in [0, 0.1) is 13.8 Å². The Balaban J connectivity index is 1.74. The number of benzene rings is 2. The Bertz CT molecular complexity index is 741. The smallest absolute Gasteiger partial charge is 0.338 e. The fourth-order valence-corrected chi connectivity index (χ4v) is 2.58. The highest BCUT2D eigenvalue weighted by molar-refractivity contribution is 5.91. The quantitative estimate of drug-likeness (QED) is 0.740. The summed E-state index contributed by atoms with van der Waals surface area (Å²) >= 11 is 0. The van der Waals surface area contributed by atoms with Crippen LogP contribution < -0.4 is 10.2 Å². The Labute approximate surface area is 155 Å². The number of rotatable bonds is 8. The fourth-order valence-electron chi connectivity index (χ4n) is 2.58. The summed E-state index contributed by atoms with van der Waals surface area (Å²) in [5, 5.41) is 2.79. The van der Waals surface area contributed by atoms with E-state index in [1.807, 2.05) is 25.1 Å². The van der Waals surface area contributed by atoms with Gasteiger partial charge in [-0.1, -0.05) is 29.8 Å². The van der Waals surface area contributed by atoms with Crippen molar-refractivity contribution in [3.8, 4) is 0 Å². The van der Waals surface area contributed by atoms with E-state index in [4.69, 9.17) is 4.74 Å². The molecule has 1 N–H and O–H groups in total. The number of hydrogen-bond acceptors (Lipinski definition) is 4. The number of nitrogens with zero attached hydrogens (tertiary/aromatic N) is 1. The van der Waals surface area contributed by atoms with Crippen LogP contribution in [0.25, 0.3) is 0 Å². The minimum absolute atomic E-state index is 0.275. The van der Waals surface area contributed by atoms with Crippen molar-refractivity contribution in [3.05, 3.63) is 65.2 Å². The molecule has 0 saturated carbocycles. The highest BCUT2D eigenvalue weighted by Crippen LogP contribution is 2.14. The summed E-state index contributed by atoms with van der Waals surface area (Å²) in [6.45, 7) is 7.83. The van der Waals surface area contributed by atoms with Gasteiger partial charge >= 0.3 is 5.97 Å². The van der Waals surface area contributed by atoms with Crippen molar-refractivity contribution in [1.82, 2.24) is 5.32 Å². The van der Waals surface area contributed by atoms with E-state index in [-0.39, 0.29) is 12.5 Å². The molecule has 0 atom stereocenters. The van der Waals surface area contributed by atoms with Crippen LogP contribution in [-0.2, 0) is 9.53 Å². The van der Waals surface area contributed by atoms with Gasteiger partial charge in [0.15, 0.2) is 6.61 Å². The van der Waals surface area contributed by atoms with Crippen LogP contribution in [0.5, 0.6) is 0 Å². The van der Waals surface area contributed by atoms with E-state index in [1.165, 1.54) is 5.56 Å². The van der Waals surface area contributed by atoms with Crippen LogP contribution in [0.2, 0.25) is 0 Å². The molecule has 0 aliphatic heterocycles. The third kappa shape index (κ3) is 5.92. The molecule has 2 aromatic carbocycles. The van der Waals surface area contributed by atoms with E-state index in [0.29, 0.717) is 18.7 Å². The van der Waals surface area contributed by atoms with Gasteiger partial charge < -0.3 is 15.0 Å². The van der Waals surface area contributed by atoms with E-state index in [9.17, 15) is 9.59 Å². The predicted octanol–water partition coefficient (Wildman–Crippen LogP) is 3.10. The number of esters is 1. The zero-order valence-electron chi connectivity index (χ0n) is 15.6. The van der Waals surface area contributed by atoms with Crippen molar-refractivity contribution >= 4 is 17.6 Å². The molecule has 0 spiro atoms. The second-order valence-corrected chi connectivity index (χ2v) is 6.21. The van der Waals surface area contributed by atoms with Gasteiger partial charge in [-0.2, -0.15) is 0 Å². The van der Waals surface area contributed by atoms with Crippen molar-refractivity contribution in [2.75, 3.05) is 31.1 Å². The largest absolute Gasteiger partial charge is 0.452 e. The van der Waals surface area contributed by atoms with Gasteiger partial charge in [-0.15, -0.1) is 0 Å². The number of carbonyl (C=O) groups is 2. The zero-order chi connectivity index (χ0) is 18.9. The number of likely N-dealkylation sites (N-methyl/N-ethyl adjacent to an activating group) is 1. The normalized spacial score (nSPS) is 10.3. The number of hydrogen-bond donors (Lipinski definition) is 1. The molecule has 0 aromatic heterocycles. The summed E-state index contributed by atoms with van der Waals surface area (Å²) in [7, 11) is 0. The number of aryl methyl sites for hydroxylation is 2. The van der Waals surface area contributed by atoms with E-state index in [0.717, 1.165) is 17.8 Å². The zero-order valence-corrected chi connectivity index (χ0v) is 15.6. The molecule has 26 heavy (non-hydrogen) atoms. The van der Waals surface area contributed by atoms with E-state index < -0.39 is 5.97 Å². The molecular weight excluding hydrogens is 328 g/mol. The highest BCUT2D eigenvalue weighted by Gasteiger charge is 2.10. The second kappa shape index (κ2) is 9.61. The molecule has 138 valence electrons. The average molecular weight is 354 g/mol. The summed E-state index contributed by atoms with van der Waals surface area (Å²) in [6, 6.07) is 15.3. The summed E-state index contributed by atoms with van der Waals surface area (Å²) in [5.41, 5.74) is 3.84. The molecule has 0 unspecified atom stereocenters. The van der Waals surface area contributed by atoms with Gasteiger partial charge in [-0.3, -0.25) is 4.79 Å². The van der Waals surface area contributed by atoms with Gasteiger partial charge in [0.05, 0.1) is 5.56 Å². The number of ether oxygens (including phenoxy) is 1. The molecule has 0 radical (unpaired) electrons. The van der Waals surface area contributed by atoms with Crippen molar-refractivity contribution in [3.63, 3.8) is 0 Å². The molecule has 0 heterocycles. The highest BCUT2D eigenvalue weighted by atomic mass is 16.5. The molecule has 5 nitrogen and oxygen atoms in total. The van der Waals surface area contributed by atoms with Crippen molar-refractivity contribution in [2.24, 2.45) is 0 Å². The maximum atomic E-state index is 11.9. The van der Waals surface area contributed by atoms with Crippen LogP contribution in [0.3, 0.4) is 0 Å². The molecule has 1 amide bonds. The van der Waals surface area contributed by atoms with Crippen molar-refractivity contribution in [2.45, 2.75) is 20.8 Å². The van der Waals surface area contributed by atoms with Crippen molar-refractivity contribution < 1.29 is 14.3 Å². The molecule has 0 bridgehead atoms. The van der Waals surface area contributed by atoms with Gasteiger partial charge in [-0.05, 0) is 50.6 Å². The Kier molecular flexibility index (Phi) is 7.21. The molecule has 0 aliphatic carbocycles. The minimum atomic E-state index is -0.491. The standard InChI is InChI=1S/C21H26N2O3/c1-4-23(19-7-5-6-17(3)14-19)13-12-22-20(24)15-26-21(25)18-10-8-16(2)9-11-18/h5-11,14H,4,12-13,15H2,1-3H3,(H,22,24). The summed E-state index contributed by atoms with van der Waals surface area (Å²) in [4.78, 5) is 26.0. The third-order valence-corrected chi connectivity index (χ3v) is 4.07. The second-order valence-electron chi connectivity index (χ2n) is 6.21. The monoisotopic (exact) mass is 354 g/mol. The SMILES string of the molecule is CCN(CCNC(=O)COC(=O)c1ccc(C)cc1)c1cccc(C)c1. The summed E-state index contributed by atoms with van der Waals surface area (Å²) < 4.78 is 5.05. The van der Waals surface area contributed by atoms with Crippen LogP contribution in [0.4, 0.5) is 5.69 Å². The van der Waals surface area contributed by atoms with Crippen LogP contribution in [-0.4, -0.2) is 38.1 Å². The molecule has 0 saturated heterocycles. The first-order valence-corrected chi connectivity index (χ1v) is 8.81. The summed E-state index contributed by atoms with van der Waals surface area (Å²) in [6.07, 6.45) is 0. The van der Waals surface area contributed by atoms with E-state index in [2.05, 4.69) is 42.3 Å².